The average molecular weight is 1570 g/mol. The number of aromatic nitrogens is 6. The molecule has 7 amide bonds. The number of carboxylic acid groups (broad SMARTS) is 2. The molecule has 5 atom stereocenters. The predicted molar refractivity (Wildman–Crippen MR) is 395 cm³/mol. The highest BCUT2D eigenvalue weighted by atomic mass is 16.5. The van der Waals surface area contributed by atoms with Gasteiger partial charge in [0.2, 0.25) is 29.5 Å². The lowest BCUT2D eigenvalue weighted by molar-refractivity contribution is -0.149. The van der Waals surface area contributed by atoms with Crippen LogP contribution in [0.5, 0.6) is 0 Å². The van der Waals surface area contributed by atoms with E-state index in [0.717, 1.165) is 36.8 Å². The van der Waals surface area contributed by atoms with Gasteiger partial charge in [0.1, 0.15) is 30.5 Å². The highest BCUT2D eigenvalue weighted by Crippen LogP contribution is 2.40. The molecule has 36 nitrogen and oxygen atoms in total. The van der Waals surface area contributed by atoms with Crippen molar-refractivity contribution >= 4 is 65.0 Å². The van der Waals surface area contributed by atoms with Crippen molar-refractivity contribution in [2.75, 3.05) is 42.1 Å². The number of hydrogen-bond donors (Lipinski definition) is 8. The summed E-state index contributed by atoms with van der Waals surface area (Å²) in [6.07, 6.45) is 2.50. The summed E-state index contributed by atoms with van der Waals surface area (Å²) in [5.74, 6) is -1.82. The topological polar surface area (TPSA) is 519 Å². The van der Waals surface area contributed by atoms with Gasteiger partial charge in [-0.3, -0.25) is 63.8 Å². The lowest BCUT2D eigenvalue weighted by atomic mass is 9.79. The number of rotatable bonds is 21. The van der Waals surface area contributed by atoms with Gasteiger partial charge in [-0.25, -0.2) is 9.59 Å². The van der Waals surface area contributed by atoms with Gasteiger partial charge in [0.05, 0.1) is 41.8 Å². The van der Waals surface area contributed by atoms with Gasteiger partial charge in [-0.2, -0.15) is 0 Å². The summed E-state index contributed by atoms with van der Waals surface area (Å²) in [5, 5.41) is 52.0. The van der Waals surface area contributed by atoms with Crippen LogP contribution in [0.1, 0.15) is 196 Å². The number of aliphatic hydroxyl groups is 1. The second-order valence-electron chi connectivity index (χ2n) is 26.8. The number of amides is 7. The van der Waals surface area contributed by atoms with Gasteiger partial charge in [-0.05, 0) is 110 Å². The van der Waals surface area contributed by atoms with Crippen molar-refractivity contribution in [3.8, 4) is 22.6 Å². The molecular formula is C77H91N13O23. The molecule has 4 fully saturated rings. The summed E-state index contributed by atoms with van der Waals surface area (Å²) in [6.45, 7) is 8.38. The number of aliphatic carboxylic acids is 1. The Bertz CT molecular complexity index is 4510. The molecule has 4 saturated carbocycles. The van der Waals surface area contributed by atoms with Crippen LogP contribution in [-0.4, -0.2) is 205 Å². The molecule has 602 valence electrons. The minimum atomic E-state index is -1.09. The molecule has 113 heavy (non-hydrogen) atoms. The number of esters is 1. The van der Waals surface area contributed by atoms with Gasteiger partial charge >= 0.3 is 17.9 Å². The number of methoxy groups -OCH3 is 5. The van der Waals surface area contributed by atoms with Crippen molar-refractivity contribution in [3.63, 3.8) is 0 Å². The van der Waals surface area contributed by atoms with Crippen molar-refractivity contribution in [1.82, 2.24) is 56.7 Å². The highest BCUT2D eigenvalue weighted by Gasteiger charge is 2.49. The number of fused-ring (bicyclic) bond motifs is 2. The molecular weight excluding hydrogens is 1470 g/mol. The van der Waals surface area contributed by atoms with Gasteiger partial charge < -0.3 is 73.7 Å². The second-order valence-corrected chi connectivity index (χ2v) is 26.8. The van der Waals surface area contributed by atoms with Crippen LogP contribution in [-0.2, 0) is 47.7 Å². The number of carbonyl (C=O) groups excluding carboxylic acids is 9. The first-order valence-corrected chi connectivity index (χ1v) is 35.9. The third-order valence-corrected chi connectivity index (χ3v) is 19.2. The van der Waals surface area contributed by atoms with Crippen LogP contribution in [0, 0.1) is 11.8 Å². The Hall–Kier alpha value is -11.9. The minimum absolute atomic E-state index is 0.0505. The zero-order valence-corrected chi connectivity index (χ0v) is 63.7. The number of nitrogens with zero attached hydrogens (tertiary/aromatic N) is 8. The SMILES string of the molecule is COC(=O)[C@@H](C)O.CO[C@H](C)C(=O)CN.CO[C@H](C)C(=O)NNC(=O)C1CC(N2C(=O)c3ccccc3C2=O)C1.CO[C@H](C)c1nnc(C2CC(N)C2)o1.CO[C@H](C)c1nnc(C2CC(NC(=O)c3cc(-c4ccccc4)on3)C2)o1.O=C(O)C1CC(N2C(=O)c3ccccc3C2=O)C1.O=C(O)c1cc(-c2ccccc2)on1. The Morgan fingerprint density at radius 2 is 0.938 bits per heavy atom. The third kappa shape index (κ3) is 22.4. The second kappa shape index (κ2) is 40.8. The molecule has 2 aliphatic heterocycles. The summed E-state index contributed by atoms with van der Waals surface area (Å²) in [4.78, 5) is 129. The molecule has 14 rings (SSSR count). The lowest BCUT2D eigenvalue weighted by Crippen LogP contribution is -2.55. The Morgan fingerprint density at radius 1 is 0.531 bits per heavy atom. The maximum Gasteiger partial charge on any atom is 0.358 e. The molecule has 6 aliphatic rings. The van der Waals surface area contributed by atoms with Crippen LogP contribution < -0.4 is 27.6 Å². The molecule has 4 aromatic heterocycles. The number of imide groups is 2. The van der Waals surface area contributed by atoms with E-state index in [0.29, 0.717) is 95.0 Å². The zero-order valence-electron chi connectivity index (χ0n) is 63.7. The van der Waals surface area contributed by atoms with Gasteiger partial charge in [0.25, 0.3) is 35.4 Å². The quantitative estimate of drug-likeness (QED) is 0.0213. The molecule has 0 bridgehead atoms. The van der Waals surface area contributed by atoms with Crippen LogP contribution >= 0.6 is 0 Å². The van der Waals surface area contributed by atoms with Gasteiger partial charge in [0.15, 0.2) is 28.7 Å². The number of ether oxygens (including phenoxy) is 5. The van der Waals surface area contributed by atoms with E-state index in [1.807, 2.05) is 74.5 Å². The molecule has 0 unspecified atom stereocenters. The van der Waals surface area contributed by atoms with Crippen LogP contribution in [0.25, 0.3) is 22.6 Å². The summed E-state index contributed by atoms with van der Waals surface area (Å²) in [6, 6.07) is 35.0. The number of aliphatic hydroxyl groups excluding tert-OH is 1. The number of benzene rings is 4. The van der Waals surface area contributed by atoms with E-state index >= 15 is 0 Å². The van der Waals surface area contributed by atoms with Crippen LogP contribution in [0.3, 0.4) is 0 Å². The van der Waals surface area contributed by atoms with E-state index in [2.05, 4.69) is 56.4 Å². The number of hydrogen-bond acceptors (Lipinski definition) is 29. The number of ketones is 1. The monoisotopic (exact) mass is 1570 g/mol. The fraction of sp³-hybridized carbons (Fsp3) is 0.416. The van der Waals surface area contributed by atoms with E-state index < -0.39 is 41.9 Å². The van der Waals surface area contributed by atoms with E-state index in [1.165, 1.54) is 44.1 Å². The summed E-state index contributed by atoms with van der Waals surface area (Å²) >= 11 is 0. The van der Waals surface area contributed by atoms with Crippen molar-refractivity contribution in [3.05, 3.63) is 179 Å². The molecule has 0 saturated heterocycles. The van der Waals surface area contributed by atoms with E-state index in [-0.39, 0.29) is 107 Å². The Balaban J connectivity index is 0.000000172. The number of nitrogens with two attached hydrogens (primary N) is 2. The minimum Gasteiger partial charge on any atom is -0.481 e. The van der Waals surface area contributed by atoms with Crippen LogP contribution in [0.4, 0.5) is 0 Å². The molecule has 8 aromatic rings. The normalized spacial score (nSPS) is 20.5. The molecule has 0 radical (unpaired) electrons. The largest absolute Gasteiger partial charge is 0.481 e. The first-order valence-electron chi connectivity index (χ1n) is 35.9. The number of nitrogens with one attached hydrogen (secondary N) is 3. The lowest BCUT2D eigenvalue weighted by Gasteiger charge is -2.39. The highest BCUT2D eigenvalue weighted by molar-refractivity contribution is 6.22. The zero-order chi connectivity index (χ0) is 82.3. The van der Waals surface area contributed by atoms with Gasteiger partial charge in [-0.1, -0.05) is 95.2 Å². The van der Waals surface area contributed by atoms with Gasteiger partial charge in [-0.15, -0.1) is 20.4 Å². The molecule has 4 aliphatic carbocycles. The first-order chi connectivity index (χ1) is 54.0. The predicted octanol–water partition coefficient (Wildman–Crippen LogP) is 6.61. The molecule has 0 spiro atoms. The fourth-order valence-corrected chi connectivity index (χ4v) is 11.6. The van der Waals surface area contributed by atoms with Crippen molar-refractivity contribution in [1.29, 1.82) is 0 Å². The van der Waals surface area contributed by atoms with Crippen LogP contribution in [0.15, 0.2) is 139 Å². The Kier molecular flexibility index (Phi) is 31.3. The average Bonchev–Trinajstić information content (AvgIpc) is 1.61. The number of Topliss-reactive ketones (excluding diaryl/α,β-unsaturated/α-hetero) is 1. The smallest absolute Gasteiger partial charge is 0.358 e. The molecule has 4 aromatic carbocycles. The maximum absolute atomic E-state index is 12.4. The number of hydrazine groups is 1. The molecule has 10 N–H and O–H groups in total. The summed E-state index contributed by atoms with van der Waals surface area (Å²) < 4.78 is 45.2. The fourth-order valence-electron chi connectivity index (χ4n) is 11.6. The number of carboxylic acids is 2. The Labute approximate surface area is 647 Å². The maximum atomic E-state index is 12.4. The van der Waals surface area contributed by atoms with Crippen molar-refractivity contribution in [2.24, 2.45) is 23.3 Å². The summed E-state index contributed by atoms with van der Waals surface area (Å²) in [7, 11) is 7.32. The third-order valence-electron chi connectivity index (χ3n) is 19.2. The van der Waals surface area contributed by atoms with Crippen molar-refractivity contribution < 1.29 is 110 Å². The van der Waals surface area contributed by atoms with Crippen LogP contribution in [0.2, 0.25) is 0 Å². The van der Waals surface area contributed by atoms with E-state index in [9.17, 15) is 52.7 Å². The van der Waals surface area contributed by atoms with Gasteiger partial charge in [0, 0.05) is 93.6 Å². The van der Waals surface area contributed by atoms with Crippen molar-refractivity contribution in [2.45, 2.75) is 153 Å². The number of aromatic carboxylic acids is 1. The first kappa shape index (κ1) is 86.7. The molecule has 36 heteroatoms. The van der Waals surface area contributed by atoms with E-state index in [1.54, 1.807) is 82.7 Å². The van der Waals surface area contributed by atoms with E-state index in [4.69, 9.17) is 58.9 Å². The Morgan fingerprint density at radius 3 is 1.29 bits per heavy atom. The molecule has 6 heterocycles. The number of carbonyl (C=O) groups is 11. The standard InChI is InChI=1S/C19H20N4O4.C17H19N3O5.C13H11NO4.C10H7NO3.C9H15N3O2.C5H11NO2.C4H8O3/c1-11(25-2)18-21-22-19(26-18)13-8-14(9-13)20-17(24)15-10-16(27-23-15)12-6-4-3-5-7-12;1-9(25-2)14(21)18-19-15(22)10-7-11(8-10)20-16(23)12-5-3-4-6-13(12)17(20)24;15-11-9-3-1-2-4-10(9)12(16)14(11)8-5-7(6-8)13(17)18;12-10(13)8-6-9(14-11-8)7-4-2-1-3-5-7;1-5(13-2)8-11-12-9(14-8)6-3-7(10)4-6;1-4(8-2)5(7)3-6;1-3(5)4(6)7-2/h3-7,10-11,13-14H,8-9H2,1-2H3,(H,20,24);3-6,9-11H,7-8H2,1-2H3,(H,18,21)(H,19,22);1-4,7-8H,5-6H2,(H,17,18);1-6H,(H,12,13);5-7H,3-4,10H2,1-2H3;4H,3,6H2,1-2H3;3,5H,1-2H3/t11-,13?,14?;9-,10?,11?;;;5-,6?,7?;4-;3-/m11..111/s1. The summed E-state index contributed by atoms with van der Waals surface area (Å²) in [5.41, 5.74) is 18.9.